The Kier molecular flexibility index (Phi) is 3.71. The van der Waals surface area contributed by atoms with Crippen LogP contribution in [0.4, 0.5) is 4.39 Å². The number of nitrogens with one attached hydrogen (secondary N) is 1. The maximum absolute atomic E-state index is 13.4. The third kappa shape index (κ3) is 2.60. The SMILES string of the molecule is CCC1Cn2nc(-c3ccc(F)cn3)c(-c3ccnc4[nH]ncc34)c2CO1. The highest BCUT2D eigenvalue weighted by atomic mass is 19.1. The average Bonchev–Trinajstić information content (AvgIpc) is 3.32. The lowest BCUT2D eigenvalue weighted by molar-refractivity contribution is -0.00107. The van der Waals surface area contributed by atoms with Crippen LogP contribution < -0.4 is 0 Å². The molecule has 0 aromatic carbocycles. The summed E-state index contributed by atoms with van der Waals surface area (Å²) in [6, 6.07) is 4.99. The number of hydrogen-bond acceptors (Lipinski definition) is 5. The van der Waals surface area contributed by atoms with Crippen molar-refractivity contribution in [3.63, 3.8) is 0 Å². The van der Waals surface area contributed by atoms with Gasteiger partial charge in [-0.25, -0.2) is 9.37 Å². The molecule has 5 rings (SSSR count). The van der Waals surface area contributed by atoms with Crippen LogP contribution in [0.1, 0.15) is 19.0 Å². The standard InChI is InChI=1S/C19H17FN6O/c1-2-12-9-26-16(10-27-12)17(13-5-6-21-19-14(13)8-23-24-19)18(25-26)15-4-3-11(20)7-22-15/h3-8,12H,2,9-10H2,1H3,(H,21,23,24). The van der Waals surface area contributed by atoms with Crippen molar-refractivity contribution >= 4 is 11.0 Å². The molecule has 1 aliphatic heterocycles. The molecule has 1 N–H and O–H groups in total. The Balaban J connectivity index is 1.77. The molecule has 0 bridgehead atoms. The van der Waals surface area contributed by atoms with Gasteiger partial charge in [0.25, 0.3) is 0 Å². The van der Waals surface area contributed by atoms with Crippen LogP contribution in [0.15, 0.2) is 36.8 Å². The number of aromatic nitrogens is 6. The van der Waals surface area contributed by atoms with Gasteiger partial charge in [-0.2, -0.15) is 10.2 Å². The number of ether oxygens (including phenoxy) is 1. The van der Waals surface area contributed by atoms with Gasteiger partial charge < -0.3 is 4.74 Å². The van der Waals surface area contributed by atoms with Crippen molar-refractivity contribution in [1.82, 2.24) is 29.9 Å². The fourth-order valence-electron chi connectivity index (χ4n) is 3.53. The summed E-state index contributed by atoms with van der Waals surface area (Å²) in [4.78, 5) is 8.58. The summed E-state index contributed by atoms with van der Waals surface area (Å²) in [6.07, 6.45) is 5.75. The normalized spacial score (nSPS) is 16.6. The zero-order valence-electron chi connectivity index (χ0n) is 14.7. The molecule has 1 atom stereocenters. The van der Waals surface area contributed by atoms with Gasteiger partial charge in [-0.3, -0.25) is 14.8 Å². The van der Waals surface area contributed by atoms with E-state index < -0.39 is 0 Å². The Hall–Kier alpha value is -3.13. The van der Waals surface area contributed by atoms with Gasteiger partial charge in [-0.05, 0) is 24.6 Å². The van der Waals surface area contributed by atoms with E-state index in [9.17, 15) is 4.39 Å². The zero-order chi connectivity index (χ0) is 18.4. The average molecular weight is 364 g/mol. The van der Waals surface area contributed by atoms with Gasteiger partial charge in [-0.15, -0.1) is 0 Å². The molecule has 7 nitrogen and oxygen atoms in total. The van der Waals surface area contributed by atoms with Crippen LogP contribution in [0.25, 0.3) is 33.5 Å². The number of aromatic amines is 1. The minimum Gasteiger partial charge on any atom is -0.370 e. The molecule has 0 spiro atoms. The number of halogens is 1. The molecule has 8 heteroatoms. The summed E-state index contributed by atoms with van der Waals surface area (Å²) < 4.78 is 21.4. The lowest BCUT2D eigenvalue weighted by Crippen LogP contribution is -2.27. The summed E-state index contributed by atoms with van der Waals surface area (Å²) in [6.45, 7) is 3.24. The number of hydrogen-bond donors (Lipinski definition) is 1. The first-order valence-electron chi connectivity index (χ1n) is 8.86. The molecular weight excluding hydrogens is 347 g/mol. The van der Waals surface area contributed by atoms with Crippen LogP contribution >= 0.6 is 0 Å². The lowest BCUT2D eigenvalue weighted by atomic mass is 9.99. The van der Waals surface area contributed by atoms with E-state index in [1.165, 1.54) is 12.3 Å². The Morgan fingerprint density at radius 1 is 1.26 bits per heavy atom. The topological polar surface area (TPSA) is 81.5 Å². The third-order valence-electron chi connectivity index (χ3n) is 4.94. The van der Waals surface area contributed by atoms with Gasteiger partial charge in [0.2, 0.25) is 0 Å². The quantitative estimate of drug-likeness (QED) is 0.603. The summed E-state index contributed by atoms with van der Waals surface area (Å²) >= 11 is 0. The molecule has 0 fully saturated rings. The second-order valence-corrected chi connectivity index (χ2v) is 6.55. The highest BCUT2D eigenvalue weighted by molar-refractivity contribution is 5.97. The Morgan fingerprint density at radius 3 is 3.00 bits per heavy atom. The van der Waals surface area contributed by atoms with Crippen LogP contribution in [-0.4, -0.2) is 36.0 Å². The molecule has 0 radical (unpaired) electrons. The molecule has 0 amide bonds. The molecular formula is C19H17FN6O. The predicted molar refractivity (Wildman–Crippen MR) is 97.2 cm³/mol. The zero-order valence-corrected chi connectivity index (χ0v) is 14.7. The van der Waals surface area contributed by atoms with Gasteiger partial charge in [0.05, 0.1) is 43.0 Å². The first-order valence-corrected chi connectivity index (χ1v) is 8.86. The largest absolute Gasteiger partial charge is 0.370 e. The third-order valence-corrected chi connectivity index (χ3v) is 4.94. The van der Waals surface area contributed by atoms with Gasteiger partial charge in [0.15, 0.2) is 5.65 Å². The summed E-state index contributed by atoms with van der Waals surface area (Å²) in [7, 11) is 0. The molecule has 0 saturated heterocycles. The van der Waals surface area contributed by atoms with Crippen molar-refractivity contribution in [3.8, 4) is 22.5 Å². The van der Waals surface area contributed by atoms with Crippen molar-refractivity contribution in [2.24, 2.45) is 0 Å². The van der Waals surface area contributed by atoms with E-state index >= 15 is 0 Å². The molecule has 4 aromatic rings. The second-order valence-electron chi connectivity index (χ2n) is 6.55. The number of rotatable bonds is 3. The van der Waals surface area contributed by atoms with Gasteiger partial charge in [0.1, 0.15) is 11.5 Å². The number of fused-ring (bicyclic) bond motifs is 2. The van der Waals surface area contributed by atoms with Gasteiger partial charge in [0, 0.05) is 22.7 Å². The molecule has 0 aliphatic carbocycles. The van der Waals surface area contributed by atoms with Crippen molar-refractivity contribution in [1.29, 1.82) is 0 Å². The molecule has 5 heterocycles. The van der Waals surface area contributed by atoms with Gasteiger partial charge >= 0.3 is 0 Å². The summed E-state index contributed by atoms with van der Waals surface area (Å²) in [5, 5.41) is 12.7. The van der Waals surface area contributed by atoms with Crippen molar-refractivity contribution in [3.05, 3.63) is 48.3 Å². The maximum Gasteiger partial charge on any atom is 0.155 e. The molecule has 136 valence electrons. The maximum atomic E-state index is 13.4. The summed E-state index contributed by atoms with van der Waals surface area (Å²) in [5.41, 5.74) is 4.89. The van der Waals surface area contributed by atoms with Crippen LogP contribution in [0.2, 0.25) is 0 Å². The fraction of sp³-hybridized carbons (Fsp3) is 0.263. The van der Waals surface area contributed by atoms with Crippen LogP contribution in [-0.2, 0) is 17.9 Å². The molecule has 0 saturated carbocycles. The van der Waals surface area contributed by atoms with Crippen LogP contribution in [0.3, 0.4) is 0 Å². The smallest absolute Gasteiger partial charge is 0.155 e. The number of pyridine rings is 2. The highest BCUT2D eigenvalue weighted by Gasteiger charge is 2.28. The first-order chi connectivity index (χ1) is 13.2. The van der Waals surface area contributed by atoms with Gasteiger partial charge in [-0.1, -0.05) is 6.92 Å². The van der Waals surface area contributed by atoms with Crippen molar-refractivity contribution in [2.75, 3.05) is 0 Å². The lowest BCUT2D eigenvalue weighted by Gasteiger charge is -2.23. The summed E-state index contributed by atoms with van der Waals surface area (Å²) in [5.74, 6) is -0.375. The molecule has 1 unspecified atom stereocenters. The second kappa shape index (κ2) is 6.24. The number of H-pyrrole nitrogens is 1. The van der Waals surface area contributed by atoms with E-state index in [-0.39, 0.29) is 11.9 Å². The predicted octanol–water partition coefficient (Wildman–Crippen LogP) is 3.33. The minimum absolute atomic E-state index is 0.130. The van der Waals surface area contributed by atoms with Crippen LogP contribution in [0.5, 0.6) is 0 Å². The van der Waals surface area contributed by atoms with E-state index in [2.05, 4.69) is 27.1 Å². The van der Waals surface area contributed by atoms with Crippen molar-refractivity contribution in [2.45, 2.75) is 32.6 Å². The Bertz CT molecular complexity index is 1120. The van der Waals surface area contributed by atoms with E-state index in [0.717, 1.165) is 28.6 Å². The first kappa shape index (κ1) is 16.1. The Morgan fingerprint density at radius 2 is 2.19 bits per heavy atom. The van der Waals surface area contributed by atoms with E-state index in [1.807, 2.05) is 10.7 Å². The highest BCUT2D eigenvalue weighted by Crippen LogP contribution is 2.38. The molecule has 27 heavy (non-hydrogen) atoms. The molecule has 4 aromatic heterocycles. The van der Waals surface area contributed by atoms with E-state index in [0.29, 0.717) is 30.2 Å². The Labute approximate surface area is 154 Å². The fourth-order valence-corrected chi connectivity index (χ4v) is 3.53. The number of nitrogens with zero attached hydrogens (tertiary/aromatic N) is 5. The monoisotopic (exact) mass is 364 g/mol. The van der Waals surface area contributed by atoms with Crippen LogP contribution in [0, 0.1) is 5.82 Å². The van der Waals surface area contributed by atoms with E-state index in [4.69, 9.17) is 9.84 Å². The molecule has 1 aliphatic rings. The van der Waals surface area contributed by atoms with Crippen molar-refractivity contribution < 1.29 is 9.13 Å². The van der Waals surface area contributed by atoms with E-state index in [1.54, 1.807) is 18.5 Å². The minimum atomic E-state index is -0.375.